The van der Waals surface area contributed by atoms with Crippen LogP contribution in [0.15, 0.2) is 24.3 Å². The highest BCUT2D eigenvalue weighted by Gasteiger charge is 2.09. The number of rotatable bonds is 1. The second kappa shape index (κ2) is 3.02. The number of benzene rings is 1. The first-order valence-electron chi connectivity index (χ1n) is 4.07. The third-order valence-corrected chi connectivity index (χ3v) is 1.94. The molecule has 0 spiro atoms. The summed E-state index contributed by atoms with van der Waals surface area (Å²) in [6.45, 7) is 0. The van der Waals surface area contributed by atoms with Crippen molar-refractivity contribution < 1.29 is 9.53 Å². The molecule has 0 fully saturated rings. The topological polar surface area (TPSA) is 70.1 Å². The highest BCUT2D eigenvalue weighted by molar-refractivity contribution is 5.77. The standard InChI is InChI=1S/C9H9N3O2/c1-12-7-5-3-2-4-6(7)11-9(12)14-8(10)13/h2-5H,1H3,(H2,10,13). The zero-order chi connectivity index (χ0) is 10.1. The smallest absolute Gasteiger partial charge is 0.375 e. The molecule has 0 aliphatic rings. The summed E-state index contributed by atoms with van der Waals surface area (Å²) in [5, 5.41) is 0. The van der Waals surface area contributed by atoms with E-state index in [-0.39, 0.29) is 6.01 Å². The fraction of sp³-hybridized carbons (Fsp3) is 0.111. The van der Waals surface area contributed by atoms with Crippen LogP contribution in [0.25, 0.3) is 11.0 Å². The van der Waals surface area contributed by atoms with Gasteiger partial charge in [0.05, 0.1) is 11.0 Å². The van der Waals surface area contributed by atoms with E-state index in [2.05, 4.69) is 4.98 Å². The molecule has 0 aliphatic heterocycles. The summed E-state index contributed by atoms with van der Waals surface area (Å²) in [5.74, 6) is 0. The van der Waals surface area contributed by atoms with Crippen LogP contribution in [0.4, 0.5) is 4.79 Å². The number of fused-ring (bicyclic) bond motifs is 1. The lowest BCUT2D eigenvalue weighted by atomic mass is 10.3. The minimum absolute atomic E-state index is 0.207. The predicted molar refractivity (Wildman–Crippen MR) is 50.9 cm³/mol. The summed E-state index contributed by atoms with van der Waals surface area (Å²) in [6.07, 6.45) is -0.858. The Morgan fingerprint density at radius 2 is 2.21 bits per heavy atom. The molecular formula is C9H9N3O2. The lowest BCUT2D eigenvalue weighted by molar-refractivity contribution is 0.205. The van der Waals surface area contributed by atoms with E-state index in [9.17, 15) is 4.79 Å². The van der Waals surface area contributed by atoms with E-state index in [1.165, 1.54) is 0 Å². The molecule has 72 valence electrons. The van der Waals surface area contributed by atoms with Gasteiger partial charge in [0.15, 0.2) is 0 Å². The van der Waals surface area contributed by atoms with Gasteiger partial charge >= 0.3 is 12.1 Å². The summed E-state index contributed by atoms with van der Waals surface area (Å²) in [5.41, 5.74) is 6.56. The Kier molecular flexibility index (Phi) is 1.85. The second-order valence-corrected chi connectivity index (χ2v) is 2.86. The zero-order valence-electron chi connectivity index (χ0n) is 7.60. The van der Waals surface area contributed by atoms with E-state index in [0.29, 0.717) is 0 Å². The summed E-state index contributed by atoms with van der Waals surface area (Å²) >= 11 is 0. The van der Waals surface area contributed by atoms with E-state index in [1.807, 2.05) is 24.3 Å². The van der Waals surface area contributed by atoms with E-state index in [0.717, 1.165) is 11.0 Å². The minimum Gasteiger partial charge on any atom is -0.375 e. The number of amides is 1. The molecule has 0 aliphatic carbocycles. The molecule has 1 heterocycles. The molecule has 0 saturated carbocycles. The number of carbonyl (C=O) groups is 1. The fourth-order valence-electron chi connectivity index (χ4n) is 1.30. The SMILES string of the molecule is Cn1c(OC(N)=O)nc2ccccc21. The number of nitrogens with two attached hydrogens (primary N) is 1. The van der Waals surface area contributed by atoms with Crippen molar-refractivity contribution >= 4 is 17.1 Å². The highest BCUT2D eigenvalue weighted by Crippen LogP contribution is 2.18. The Labute approximate surface area is 80.1 Å². The Morgan fingerprint density at radius 1 is 1.50 bits per heavy atom. The maximum atomic E-state index is 10.5. The predicted octanol–water partition coefficient (Wildman–Crippen LogP) is 1.03. The molecular weight excluding hydrogens is 182 g/mol. The van der Waals surface area contributed by atoms with Gasteiger partial charge in [-0.15, -0.1) is 0 Å². The number of primary amides is 1. The maximum Gasteiger partial charge on any atom is 0.412 e. The van der Waals surface area contributed by atoms with Crippen molar-refractivity contribution in [2.75, 3.05) is 0 Å². The van der Waals surface area contributed by atoms with Gasteiger partial charge in [0.2, 0.25) is 0 Å². The van der Waals surface area contributed by atoms with Crippen LogP contribution >= 0.6 is 0 Å². The quantitative estimate of drug-likeness (QED) is 0.731. The maximum absolute atomic E-state index is 10.5. The number of hydrogen-bond donors (Lipinski definition) is 1. The molecule has 0 radical (unpaired) electrons. The molecule has 0 unspecified atom stereocenters. The molecule has 2 rings (SSSR count). The van der Waals surface area contributed by atoms with Crippen molar-refractivity contribution in [1.29, 1.82) is 0 Å². The Hall–Kier alpha value is -2.04. The Morgan fingerprint density at radius 3 is 2.86 bits per heavy atom. The normalized spacial score (nSPS) is 10.4. The van der Waals surface area contributed by atoms with Gasteiger partial charge in [0.1, 0.15) is 0 Å². The number of aryl methyl sites for hydroxylation is 1. The van der Waals surface area contributed by atoms with Gasteiger partial charge < -0.3 is 10.5 Å². The number of ether oxygens (including phenoxy) is 1. The summed E-state index contributed by atoms with van der Waals surface area (Å²) < 4.78 is 6.39. The largest absolute Gasteiger partial charge is 0.412 e. The van der Waals surface area contributed by atoms with Crippen LogP contribution in [-0.2, 0) is 7.05 Å². The Balaban J connectivity index is 2.57. The van der Waals surface area contributed by atoms with Crippen molar-refractivity contribution in [3.63, 3.8) is 0 Å². The van der Waals surface area contributed by atoms with Gasteiger partial charge in [-0.25, -0.2) is 4.79 Å². The van der Waals surface area contributed by atoms with E-state index < -0.39 is 6.09 Å². The number of aromatic nitrogens is 2. The van der Waals surface area contributed by atoms with Crippen LogP contribution in [0.1, 0.15) is 0 Å². The zero-order valence-corrected chi connectivity index (χ0v) is 7.60. The van der Waals surface area contributed by atoms with Crippen LogP contribution in [0.5, 0.6) is 6.01 Å². The van der Waals surface area contributed by atoms with E-state index >= 15 is 0 Å². The number of carbonyl (C=O) groups excluding carboxylic acids is 1. The molecule has 2 N–H and O–H groups in total. The molecule has 0 atom stereocenters. The van der Waals surface area contributed by atoms with Crippen molar-refractivity contribution in [1.82, 2.24) is 9.55 Å². The summed E-state index contributed by atoms with van der Waals surface area (Å²) in [6, 6.07) is 7.68. The summed E-state index contributed by atoms with van der Waals surface area (Å²) in [4.78, 5) is 14.6. The van der Waals surface area contributed by atoms with Crippen molar-refractivity contribution in [2.24, 2.45) is 12.8 Å². The Bertz CT molecular complexity index is 490. The van der Waals surface area contributed by atoms with Gasteiger partial charge in [-0.3, -0.25) is 4.57 Å². The molecule has 1 aromatic carbocycles. The monoisotopic (exact) mass is 191 g/mol. The second-order valence-electron chi connectivity index (χ2n) is 2.86. The van der Waals surface area contributed by atoms with E-state index in [1.54, 1.807) is 11.6 Å². The number of imidazole rings is 1. The van der Waals surface area contributed by atoms with Crippen LogP contribution in [0.2, 0.25) is 0 Å². The van der Waals surface area contributed by atoms with Crippen molar-refractivity contribution in [2.45, 2.75) is 0 Å². The molecule has 0 bridgehead atoms. The molecule has 14 heavy (non-hydrogen) atoms. The first kappa shape index (κ1) is 8.55. The van der Waals surface area contributed by atoms with Gasteiger partial charge in [0.25, 0.3) is 0 Å². The third kappa shape index (κ3) is 1.28. The van der Waals surface area contributed by atoms with Crippen molar-refractivity contribution in [3.8, 4) is 6.01 Å². The molecule has 5 heteroatoms. The summed E-state index contributed by atoms with van der Waals surface area (Å²) in [7, 11) is 1.76. The van der Waals surface area contributed by atoms with Gasteiger partial charge in [-0.2, -0.15) is 4.98 Å². The first-order valence-corrected chi connectivity index (χ1v) is 4.07. The van der Waals surface area contributed by atoms with Crippen LogP contribution in [0, 0.1) is 0 Å². The van der Waals surface area contributed by atoms with E-state index in [4.69, 9.17) is 10.5 Å². The lowest BCUT2D eigenvalue weighted by Gasteiger charge is -1.99. The van der Waals surface area contributed by atoms with Gasteiger partial charge in [-0.05, 0) is 12.1 Å². The molecule has 5 nitrogen and oxygen atoms in total. The van der Waals surface area contributed by atoms with Crippen LogP contribution in [0.3, 0.4) is 0 Å². The van der Waals surface area contributed by atoms with Crippen LogP contribution in [-0.4, -0.2) is 15.6 Å². The third-order valence-electron chi connectivity index (χ3n) is 1.94. The molecule has 1 aromatic heterocycles. The molecule has 0 saturated heterocycles. The van der Waals surface area contributed by atoms with Crippen LogP contribution < -0.4 is 10.5 Å². The lowest BCUT2D eigenvalue weighted by Crippen LogP contribution is -2.18. The van der Waals surface area contributed by atoms with Gasteiger partial charge in [0, 0.05) is 7.05 Å². The number of hydrogen-bond acceptors (Lipinski definition) is 3. The number of para-hydroxylation sites is 2. The number of nitrogens with zero attached hydrogens (tertiary/aromatic N) is 2. The minimum atomic E-state index is -0.858. The van der Waals surface area contributed by atoms with Crippen molar-refractivity contribution in [3.05, 3.63) is 24.3 Å². The fourth-order valence-corrected chi connectivity index (χ4v) is 1.30. The molecule has 2 aromatic rings. The average molecular weight is 191 g/mol. The van der Waals surface area contributed by atoms with Gasteiger partial charge in [-0.1, -0.05) is 12.1 Å². The highest BCUT2D eigenvalue weighted by atomic mass is 16.6. The first-order chi connectivity index (χ1) is 6.68. The average Bonchev–Trinajstić information content (AvgIpc) is 2.44. The molecule has 1 amide bonds.